The number of aromatic amines is 1. The van der Waals surface area contributed by atoms with Crippen LogP contribution >= 0.6 is 15.9 Å². The van der Waals surface area contributed by atoms with E-state index in [1.54, 1.807) is 12.3 Å². The van der Waals surface area contributed by atoms with Crippen LogP contribution in [-0.2, 0) is 6.18 Å². The van der Waals surface area contributed by atoms with Gasteiger partial charge in [-0.3, -0.25) is 0 Å². The lowest BCUT2D eigenvalue weighted by atomic mass is 10.1. The molecule has 0 saturated heterocycles. The Kier molecular flexibility index (Phi) is 2.75. The van der Waals surface area contributed by atoms with Crippen molar-refractivity contribution in [3.63, 3.8) is 0 Å². The average Bonchev–Trinajstić information content (AvgIpc) is 2.69. The fourth-order valence-corrected chi connectivity index (χ4v) is 1.78. The van der Waals surface area contributed by atoms with Gasteiger partial charge >= 0.3 is 6.18 Å². The van der Waals surface area contributed by atoms with Crippen molar-refractivity contribution in [1.82, 2.24) is 9.97 Å². The van der Waals surface area contributed by atoms with E-state index < -0.39 is 11.7 Å². The standard InChI is InChI=1S/C10H6BrF3N2/c11-8-2-1-6(9-15-3-4-16-9)5-7(8)10(12,13)14/h1-5H,(H,15,16). The number of nitrogens with one attached hydrogen (secondary N) is 1. The van der Waals surface area contributed by atoms with Gasteiger partial charge in [-0.2, -0.15) is 13.2 Å². The van der Waals surface area contributed by atoms with Crippen LogP contribution in [0, 0.1) is 0 Å². The molecule has 84 valence electrons. The molecule has 0 fully saturated rings. The molecule has 1 aromatic heterocycles. The molecule has 0 unspecified atom stereocenters. The summed E-state index contributed by atoms with van der Waals surface area (Å²) in [6.45, 7) is 0. The average molecular weight is 291 g/mol. The van der Waals surface area contributed by atoms with Crippen molar-refractivity contribution in [2.75, 3.05) is 0 Å². The van der Waals surface area contributed by atoms with Crippen molar-refractivity contribution in [3.05, 3.63) is 40.6 Å². The molecule has 0 amide bonds. The molecule has 0 atom stereocenters. The molecule has 16 heavy (non-hydrogen) atoms. The molecular weight excluding hydrogens is 285 g/mol. The molecule has 0 aliphatic rings. The number of halogens is 4. The maximum atomic E-state index is 12.6. The van der Waals surface area contributed by atoms with Gasteiger partial charge in [-0.15, -0.1) is 0 Å². The van der Waals surface area contributed by atoms with Crippen molar-refractivity contribution in [3.8, 4) is 11.4 Å². The summed E-state index contributed by atoms with van der Waals surface area (Å²) in [7, 11) is 0. The topological polar surface area (TPSA) is 28.7 Å². The number of hydrogen-bond acceptors (Lipinski definition) is 1. The van der Waals surface area contributed by atoms with E-state index in [9.17, 15) is 13.2 Å². The van der Waals surface area contributed by atoms with E-state index in [0.717, 1.165) is 6.07 Å². The summed E-state index contributed by atoms with van der Waals surface area (Å²) in [5.41, 5.74) is -0.304. The van der Waals surface area contributed by atoms with Crippen molar-refractivity contribution >= 4 is 15.9 Å². The third-order valence-electron chi connectivity index (χ3n) is 2.04. The zero-order valence-corrected chi connectivity index (χ0v) is 9.43. The Morgan fingerprint density at radius 2 is 2.00 bits per heavy atom. The minimum Gasteiger partial charge on any atom is -0.345 e. The molecule has 1 N–H and O–H groups in total. The predicted molar refractivity (Wildman–Crippen MR) is 56.7 cm³/mol. The van der Waals surface area contributed by atoms with E-state index in [1.165, 1.54) is 12.3 Å². The Balaban J connectivity index is 2.52. The summed E-state index contributed by atoms with van der Waals surface area (Å²) in [6.07, 6.45) is -1.32. The molecule has 2 nitrogen and oxygen atoms in total. The number of benzene rings is 1. The van der Waals surface area contributed by atoms with Gasteiger partial charge < -0.3 is 4.98 Å². The fourth-order valence-electron chi connectivity index (χ4n) is 1.31. The van der Waals surface area contributed by atoms with E-state index in [1.807, 2.05) is 0 Å². The lowest BCUT2D eigenvalue weighted by molar-refractivity contribution is -0.138. The minimum atomic E-state index is -4.37. The Labute approximate surface area is 97.6 Å². The first-order chi connectivity index (χ1) is 7.48. The van der Waals surface area contributed by atoms with Gasteiger partial charge in [0.05, 0.1) is 5.56 Å². The Hall–Kier alpha value is -1.30. The highest BCUT2D eigenvalue weighted by molar-refractivity contribution is 9.10. The smallest absolute Gasteiger partial charge is 0.345 e. The fraction of sp³-hybridized carbons (Fsp3) is 0.100. The van der Waals surface area contributed by atoms with Crippen LogP contribution in [0.25, 0.3) is 11.4 Å². The number of nitrogens with zero attached hydrogens (tertiary/aromatic N) is 1. The van der Waals surface area contributed by atoms with Crippen LogP contribution in [0.1, 0.15) is 5.56 Å². The highest BCUT2D eigenvalue weighted by atomic mass is 79.9. The number of alkyl halides is 3. The second-order valence-electron chi connectivity index (χ2n) is 3.13. The number of hydrogen-bond donors (Lipinski definition) is 1. The molecule has 2 aromatic rings. The Morgan fingerprint density at radius 3 is 2.56 bits per heavy atom. The van der Waals surface area contributed by atoms with Crippen LogP contribution in [0.3, 0.4) is 0 Å². The number of rotatable bonds is 1. The largest absolute Gasteiger partial charge is 0.417 e. The quantitative estimate of drug-likeness (QED) is 0.849. The second-order valence-corrected chi connectivity index (χ2v) is 3.98. The molecule has 0 saturated carbocycles. The summed E-state index contributed by atoms with van der Waals surface area (Å²) in [5, 5.41) is 0. The van der Waals surface area contributed by atoms with Crippen LogP contribution in [0.2, 0.25) is 0 Å². The zero-order valence-electron chi connectivity index (χ0n) is 7.85. The summed E-state index contributed by atoms with van der Waals surface area (Å²) in [5.74, 6) is 0.415. The van der Waals surface area contributed by atoms with Gasteiger partial charge in [0, 0.05) is 22.4 Å². The number of H-pyrrole nitrogens is 1. The summed E-state index contributed by atoms with van der Waals surface area (Å²) in [4.78, 5) is 6.66. The van der Waals surface area contributed by atoms with Gasteiger partial charge in [-0.05, 0) is 12.1 Å². The summed E-state index contributed by atoms with van der Waals surface area (Å²) >= 11 is 2.88. The Morgan fingerprint density at radius 1 is 1.25 bits per heavy atom. The third kappa shape index (κ3) is 2.11. The van der Waals surface area contributed by atoms with Crippen molar-refractivity contribution < 1.29 is 13.2 Å². The second kappa shape index (κ2) is 3.93. The van der Waals surface area contributed by atoms with Crippen LogP contribution in [0.15, 0.2) is 35.1 Å². The third-order valence-corrected chi connectivity index (χ3v) is 2.73. The molecule has 0 radical (unpaired) electrons. The van der Waals surface area contributed by atoms with Crippen LogP contribution in [0.4, 0.5) is 13.2 Å². The van der Waals surface area contributed by atoms with Gasteiger partial charge in [-0.1, -0.05) is 22.0 Å². The van der Waals surface area contributed by atoms with Gasteiger partial charge in [0.15, 0.2) is 0 Å². The summed E-state index contributed by atoms with van der Waals surface area (Å²) < 4.78 is 37.9. The normalized spacial score (nSPS) is 11.8. The van der Waals surface area contributed by atoms with Gasteiger partial charge in [0.2, 0.25) is 0 Å². The first-order valence-electron chi connectivity index (χ1n) is 4.35. The molecule has 0 aliphatic heterocycles. The van der Waals surface area contributed by atoms with E-state index in [-0.39, 0.29) is 4.47 Å². The monoisotopic (exact) mass is 290 g/mol. The molecule has 1 aromatic carbocycles. The van der Waals surface area contributed by atoms with Crippen LogP contribution in [0.5, 0.6) is 0 Å². The highest BCUT2D eigenvalue weighted by Gasteiger charge is 2.33. The SMILES string of the molecule is FC(F)(F)c1cc(-c2ncc[nH]2)ccc1Br. The zero-order chi connectivity index (χ0) is 11.8. The van der Waals surface area contributed by atoms with Crippen molar-refractivity contribution in [2.45, 2.75) is 6.18 Å². The van der Waals surface area contributed by atoms with E-state index in [0.29, 0.717) is 11.4 Å². The van der Waals surface area contributed by atoms with Crippen LogP contribution < -0.4 is 0 Å². The van der Waals surface area contributed by atoms with Crippen molar-refractivity contribution in [2.24, 2.45) is 0 Å². The Bertz CT molecular complexity index is 491. The highest BCUT2D eigenvalue weighted by Crippen LogP contribution is 2.36. The van der Waals surface area contributed by atoms with Crippen LogP contribution in [-0.4, -0.2) is 9.97 Å². The maximum Gasteiger partial charge on any atom is 0.417 e. The molecular formula is C10H6BrF3N2. The van der Waals surface area contributed by atoms with Gasteiger partial charge in [0.1, 0.15) is 5.82 Å². The first-order valence-corrected chi connectivity index (χ1v) is 5.14. The van der Waals surface area contributed by atoms with Gasteiger partial charge in [0.25, 0.3) is 0 Å². The summed E-state index contributed by atoms with van der Waals surface area (Å²) in [6, 6.07) is 3.99. The van der Waals surface area contributed by atoms with E-state index >= 15 is 0 Å². The van der Waals surface area contributed by atoms with E-state index in [2.05, 4.69) is 25.9 Å². The lowest BCUT2D eigenvalue weighted by Crippen LogP contribution is -2.06. The molecule has 0 spiro atoms. The predicted octanol–water partition coefficient (Wildman–Crippen LogP) is 3.86. The maximum absolute atomic E-state index is 12.6. The molecule has 0 aliphatic carbocycles. The first kappa shape index (κ1) is 11.2. The molecule has 0 bridgehead atoms. The van der Waals surface area contributed by atoms with E-state index in [4.69, 9.17) is 0 Å². The van der Waals surface area contributed by atoms with Crippen molar-refractivity contribution in [1.29, 1.82) is 0 Å². The number of imidazole rings is 1. The van der Waals surface area contributed by atoms with Gasteiger partial charge in [-0.25, -0.2) is 4.98 Å². The molecule has 1 heterocycles. The molecule has 6 heteroatoms. The lowest BCUT2D eigenvalue weighted by Gasteiger charge is -2.10. The number of aromatic nitrogens is 2. The minimum absolute atomic E-state index is 0.0234. The molecule has 2 rings (SSSR count).